The van der Waals surface area contributed by atoms with Gasteiger partial charge in [0.15, 0.2) is 5.82 Å². The zero-order valence-electron chi connectivity index (χ0n) is 16.3. The van der Waals surface area contributed by atoms with Gasteiger partial charge in [-0.3, -0.25) is 14.5 Å². The monoisotopic (exact) mass is 378 g/mol. The van der Waals surface area contributed by atoms with Crippen LogP contribution in [-0.4, -0.2) is 81.1 Å². The Hall–Kier alpha value is -1.87. The van der Waals surface area contributed by atoms with E-state index in [0.29, 0.717) is 51.0 Å². The number of hydrogen-bond donors (Lipinski definition) is 0. The van der Waals surface area contributed by atoms with Gasteiger partial charge in [-0.15, -0.1) is 5.10 Å². The van der Waals surface area contributed by atoms with Gasteiger partial charge in [-0.2, -0.15) is 0 Å². The molecule has 3 heterocycles. The molecular formula is C18H30N6O3. The van der Waals surface area contributed by atoms with Gasteiger partial charge >= 0.3 is 0 Å². The molecule has 27 heavy (non-hydrogen) atoms. The van der Waals surface area contributed by atoms with Crippen LogP contribution in [0.25, 0.3) is 0 Å². The maximum absolute atomic E-state index is 12.8. The zero-order chi connectivity index (χ0) is 19.2. The van der Waals surface area contributed by atoms with Crippen LogP contribution in [-0.2, 0) is 27.4 Å². The summed E-state index contributed by atoms with van der Waals surface area (Å²) in [5, 5.41) is 11.8. The van der Waals surface area contributed by atoms with Crippen molar-refractivity contribution in [2.75, 3.05) is 39.4 Å². The second kappa shape index (κ2) is 9.36. The van der Waals surface area contributed by atoms with Crippen molar-refractivity contribution in [1.29, 1.82) is 0 Å². The maximum Gasteiger partial charge on any atom is 0.244 e. The Balaban J connectivity index is 1.55. The van der Waals surface area contributed by atoms with E-state index in [1.54, 1.807) is 9.58 Å². The van der Waals surface area contributed by atoms with Gasteiger partial charge in [-0.25, -0.2) is 4.68 Å². The number of rotatable bonds is 7. The molecule has 1 amide bonds. The summed E-state index contributed by atoms with van der Waals surface area (Å²) in [5.74, 6) is 1.26. The number of carbonyl (C=O) groups is 2. The molecule has 0 unspecified atom stereocenters. The van der Waals surface area contributed by atoms with Crippen LogP contribution in [0.2, 0.25) is 0 Å². The third-order valence-corrected chi connectivity index (χ3v) is 5.20. The van der Waals surface area contributed by atoms with Crippen molar-refractivity contribution in [2.24, 2.45) is 11.8 Å². The van der Waals surface area contributed by atoms with Gasteiger partial charge in [-0.05, 0) is 29.2 Å². The first-order valence-corrected chi connectivity index (χ1v) is 9.88. The molecule has 2 aliphatic heterocycles. The fourth-order valence-electron chi connectivity index (χ4n) is 3.68. The Labute approximate surface area is 160 Å². The van der Waals surface area contributed by atoms with E-state index < -0.39 is 0 Å². The summed E-state index contributed by atoms with van der Waals surface area (Å²) in [6, 6.07) is 0. The molecule has 1 atom stereocenters. The minimum Gasteiger partial charge on any atom is -0.379 e. The molecule has 0 N–H and O–H groups in total. The molecule has 9 nitrogen and oxygen atoms in total. The highest BCUT2D eigenvalue weighted by Gasteiger charge is 2.29. The smallest absolute Gasteiger partial charge is 0.244 e. The molecule has 0 spiro atoms. The lowest BCUT2D eigenvalue weighted by atomic mass is 9.89. The summed E-state index contributed by atoms with van der Waals surface area (Å²) in [5.41, 5.74) is 0. The number of ketones is 1. The summed E-state index contributed by atoms with van der Waals surface area (Å²) in [6.07, 6.45) is 2.34. The first kappa shape index (κ1) is 19.9. The Morgan fingerprint density at radius 2 is 2.00 bits per heavy atom. The predicted molar refractivity (Wildman–Crippen MR) is 97.7 cm³/mol. The van der Waals surface area contributed by atoms with Crippen LogP contribution >= 0.6 is 0 Å². The molecule has 1 aromatic heterocycles. The highest BCUT2D eigenvalue weighted by molar-refractivity contribution is 5.83. The topological polar surface area (TPSA) is 93.5 Å². The van der Waals surface area contributed by atoms with Crippen LogP contribution in [0, 0.1) is 11.8 Å². The van der Waals surface area contributed by atoms with E-state index in [1.165, 1.54) is 0 Å². The van der Waals surface area contributed by atoms with Crippen molar-refractivity contribution in [3.8, 4) is 0 Å². The van der Waals surface area contributed by atoms with Crippen LogP contribution in [0.4, 0.5) is 0 Å². The Kier molecular flexibility index (Phi) is 6.89. The van der Waals surface area contributed by atoms with Crippen molar-refractivity contribution in [2.45, 2.75) is 46.2 Å². The Morgan fingerprint density at radius 3 is 2.74 bits per heavy atom. The standard InChI is InChI=1S/C18H30N6O3/c1-14(2)10-16(25)15-4-3-5-23(11-15)18(26)13-24-17(19-20-21-24)12-22-6-8-27-9-7-22/h14-15H,3-13H2,1-2H3/t15-/m0/s1. The first-order chi connectivity index (χ1) is 13.0. The second-order valence-electron chi connectivity index (χ2n) is 7.88. The van der Waals surface area contributed by atoms with Gasteiger partial charge in [0.2, 0.25) is 5.91 Å². The minimum atomic E-state index is -0.0354. The number of hydrogen-bond acceptors (Lipinski definition) is 7. The summed E-state index contributed by atoms with van der Waals surface area (Å²) in [7, 11) is 0. The van der Waals surface area contributed by atoms with Gasteiger partial charge in [-0.1, -0.05) is 13.8 Å². The SMILES string of the molecule is CC(C)CC(=O)[C@H]1CCCN(C(=O)Cn2nnnc2CN2CCOCC2)C1. The van der Waals surface area contributed by atoms with Crippen LogP contribution in [0.1, 0.15) is 38.9 Å². The van der Waals surface area contributed by atoms with Gasteiger partial charge in [0, 0.05) is 38.5 Å². The normalized spacial score (nSPS) is 21.6. The molecule has 2 aliphatic rings. The molecule has 0 radical (unpaired) electrons. The van der Waals surface area contributed by atoms with E-state index in [-0.39, 0.29) is 24.2 Å². The lowest BCUT2D eigenvalue weighted by Gasteiger charge is -2.32. The molecule has 0 aliphatic carbocycles. The summed E-state index contributed by atoms with van der Waals surface area (Å²) >= 11 is 0. The fourth-order valence-corrected chi connectivity index (χ4v) is 3.68. The van der Waals surface area contributed by atoms with Gasteiger partial charge < -0.3 is 9.64 Å². The predicted octanol–water partition coefficient (Wildman–Crippen LogP) is 0.359. The van der Waals surface area contributed by atoms with Crippen molar-refractivity contribution < 1.29 is 14.3 Å². The van der Waals surface area contributed by atoms with E-state index in [9.17, 15) is 9.59 Å². The number of nitrogens with zero attached hydrogens (tertiary/aromatic N) is 6. The molecule has 1 aromatic rings. The number of tetrazole rings is 1. The number of piperidine rings is 1. The van der Waals surface area contributed by atoms with Gasteiger partial charge in [0.25, 0.3) is 0 Å². The van der Waals surface area contributed by atoms with Gasteiger partial charge in [0.1, 0.15) is 12.3 Å². The molecule has 9 heteroatoms. The quantitative estimate of drug-likeness (QED) is 0.676. The minimum absolute atomic E-state index is 0.0208. The van der Waals surface area contributed by atoms with Crippen LogP contribution in [0.5, 0.6) is 0 Å². The summed E-state index contributed by atoms with van der Waals surface area (Å²) in [6.45, 7) is 9.15. The van der Waals surface area contributed by atoms with Crippen molar-refractivity contribution in [3.05, 3.63) is 5.82 Å². The van der Waals surface area contributed by atoms with Crippen molar-refractivity contribution >= 4 is 11.7 Å². The van der Waals surface area contributed by atoms with E-state index >= 15 is 0 Å². The van der Waals surface area contributed by atoms with Gasteiger partial charge in [0.05, 0.1) is 19.8 Å². The lowest BCUT2D eigenvalue weighted by molar-refractivity contribution is -0.136. The number of likely N-dealkylation sites (tertiary alicyclic amines) is 1. The Morgan fingerprint density at radius 1 is 1.22 bits per heavy atom. The van der Waals surface area contributed by atoms with Crippen molar-refractivity contribution in [3.63, 3.8) is 0 Å². The molecule has 2 fully saturated rings. The molecular weight excluding hydrogens is 348 g/mol. The number of ether oxygens (including phenoxy) is 1. The van der Waals surface area contributed by atoms with E-state index in [0.717, 1.165) is 25.9 Å². The van der Waals surface area contributed by atoms with Crippen molar-refractivity contribution in [1.82, 2.24) is 30.0 Å². The number of morpholine rings is 1. The molecule has 150 valence electrons. The highest BCUT2D eigenvalue weighted by Crippen LogP contribution is 2.21. The number of Topliss-reactive ketones (excluding diaryl/α,β-unsaturated/α-hetero) is 1. The molecule has 3 rings (SSSR count). The maximum atomic E-state index is 12.8. The largest absolute Gasteiger partial charge is 0.379 e. The number of aromatic nitrogens is 4. The third-order valence-electron chi connectivity index (χ3n) is 5.20. The molecule has 0 bridgehead atoms. The lowest BCUT2D eigenvalue weighted by Crippen LogP contribution is -2.44. The number of carbonyl (C=O) groups excluding carboxylic acids is 2. The Bertz CT molecular complexity index is 641. The second-order valence-corrected chi connectivity index (χ2v) is 7.88. The number of amides is 1. The average molecular weight is 378 g/mol. The summed E-state index contributed by atoms with van der Waals surface area (Å²) < 4.78 is 6.94. The first-order valence-electron chi connectivity index (χ1n) is 9.88. The van der Waals surface area contributed by atoms with E-state index in [4.69, 9.17) is 4.74 Å². The fraction of sp³-hybridized carbons (Fsp3) is 0.833. The molecule has 0 aromatic carbocycles. The third kappa shape index (κ3) is 5.55. The highest BCUT2D eigenvalue weighted by atomic mass is 16.5. The average Bonchev–Trinajstić information content (AvgIpc) is 3.08. The van der Waals surface area contributed by atoms with E-state index in [1.807, 2.05) is 0 Å². The van der Waals surface area contributed by atoms with Crippen LogP contribution < -0.4 is 0 Å². The molecule has 2 saturated heterocycles. The molecule has 0 saturated carbocycles. The van der Waals surface area contributed by atoms with E-state index in [2.05, 4.69) is 34.3 Å². The van der Waals surface area contributed by atoms with Crippen LogP contribution in [0.15, 0.2) is 0 Å². The summed E-state index contributed by atoms with van der Waals surface area (Å²) in [4.78, 5) is 29.2. The zero-order valence-corrected chi connectivity index (χ0v) is 16.3. The van der Waals surface area contributed by atoms with Crippen LogP contribution in [0.3, 0.4) is 0 Å².